The van der Waals surface area contributed by atoms with E-state index < -0.39 is 0 Å². The predicted octanol–water partition coefficient (Wildman–Crippen LogP) is -0.668. The molecule has 0 bridgehead atoms. The molecule has 0 aromatic heterocycles. The number of amides is 2. The van der Waals surface area contributed by atoms with Gasteiger partial charge < -0.3 is 20.6 Å². The van der Waals surface area contributed by atoms with Gasteiger partial charge in [0.15, 0.2) is 0 Å². The fourth-order valence-corrected chi connectivity index (χ4v) is 2.19. The Labute approximate surface area is 114 Å². The standard InChI is InChI=1S/C13H25N3O3/c1-10(14-2)13(19)16-7-4-11(5-8-16)12(18)15-6-3-9-17/h10-11,14,17H,3-9H2,1-2H3,(H,15,18). The van der Waals surface area contributed by atoms with E-state index in [1.54, 1.807) is 7.05 Å². The number of hydrogen-bond acceptors (Lipinski definition) is 4. The van der Waals surface area contributed by atoms with E-state index in [1.165, 1.54) is 0 Å². The average molecular weight is 271 g/mol. The number of carbonyl (C=O) groups is 2. The Morgan fingerprint density at radius 1 is 1.37 bits per heavy atom. The molecule has 110 valence electrons. The zero-order valence-electron chi connectivity index (χ0n) is 11.8. The van der Waals surface area contributed by atoms with Crippen molar-refractivity contribution < 1.29 is 14.7 Å². The van der Waals surface area contributed by atoms with Crippen molar-refractivity contribution >= 4 is 11.8 Å². The summed E-state index contributed by atoms with van der Waals surface area (Å²) in [6.45, 7) is 3.74. The number of nitrogens with zero attached hydrogens (tertiary/aromatic N) is 1. The number of aliphatic hydroxyl groups is 1. The molecule has 3 N–H and O–H groups in total. The molecular formula is C13H25N3O3. The van der Waals surface area contributed by atoms with Crippen molar-refractivity contribution in [3.05, 3.63) is 0 Å². The maximum Gasteiger partial charge on any atom is 0.239 e. The predicted molar refractivity (Wildman–Crippen MR) is 72.5 cm³/mol. The molecule has 1 rings (SSSR count). The Kier molecular flexibility index (Phi) is 6.80. The van der Waals surface area contributed by atoms with Crippen LogP contribution in [0.3, 0.4) is 0 Å². The zero-order chi connectivity index (χ0) is 14.3. The van der Waals surface area contributed by atoms with Crippen molar-refractivity contribution in [1.29, 1.82) is 0 Å². The maximum absolute atomic E-state index is 12.0. The second-order valence-corrected chi connectivity index (χ2v) is 4.98. The third-order valence-electron chi connectivity index (χ3n) is 3.61. The second kappa shape index (κ2) is 8.12. The number of carbonyl (C=O) groups excluding carboxylic acids is 2. The van der Waals surface area contributed by atoms with Crippen LogP contribution >= 0.6 is 0 Å². The molecule has 1 heterocycles. The van der Waals surface area contributed by atoms with Crippen LogP contribution in [0.15, 0.2) is 0 Å². The minimum atomic E-state index is -0.171. The Hall–Kier alpha value is -1.14. The Bertz CT molecular complexity index is 302. The number of likely N-dealkylation sites (N-methyl/N-ethyl adjacent to an activating group) is 1. The number of likely N-dealkylation sites (tertiary alicyclic amines) is 1. The third kappa shape index (κ3) is 4.80. The number of nitrogens with one attached hydrogen (secondary N) is 2. The van der Waals surface area contributed by atoms with Gasteiger partial charge >= 0.3 is 0 Å². The first-order valence-corrected chi connectivity index (χ1v) is 6.94. The van der Waals surface area contributed by atoms with Crippen LogP contribution in [-0.2, 0) is 9.59 Å². The van der Waals surface area contributed by atoms with E-state index in [4.69, 9.17) is 5.11 Å². The minimum Gasteiger partial charge on any atom is -0.396 e. The first kappa shape index (κ1) is 15.9. The summed E-state index contributed by atoms with van der Waals surface area (Å²) in [5.41, 5.74) is 0. The topological polar surface area (TPSA) is 81.7 Å². The van der Waals surface area contributed by atoms with E-state index >= 15 is 0 Å². The molecule has 19 heavy (non-hydrogen) atoms. The van der Waals surface area contributed by atoms with Crippen LogP contribution in [0.1, 0.15) is 26.2 Å². The molecular weight excluding hydrogens is 246 g/mol. The normalized spacial score (nSPS) is 18.2. The molecule has 1 unspecified atom stereocenters. The smallest absolute Gasteiger partial charge is 0.239 e. The van der Waals surface area contributed by atoms with E-state index in [-0.39, 0.29) is 30.4 Å². The number of hydrogen-bond donors (Lipinski definition) is 3. The van der Waals surface area contributed by atoms with E-state index in [1.807, 2.05) is 11.8 Å². The van der Waals surface area contributed by atoms with E-state index in [9.17, 15) is 9.59 Å². The van der Waals surface area contributed by atoms with Crippen LogP contribution in [0.25, 0.3) is 0 Å². The van der Waals surface area contributed by atoms with Gasteiger partial charge in [0.2, 0.25) is 11.8 Å². The van der Waals surface area contributed by atoms with Crippen molar-refractivity contribution in [3.8, 4) is 0 Å². The highest BCUT2D eigenvalue weighted by atomic mass is 16.3. The fourth-order valence-electron chi connectivity index (χ4n) is 2.19. The fraction of sp³-hybridized carbons (Fsp3) is 0.846. The average Bonchev–Trinajstić information content (AvgIpc) is 2.46. The summed E-state index contributed by atoms with van der Waals surface area (Å²) in [7, 11) is 1.77. The molecule has 0 saturated carbocycles. The second-order valence-electron chi connectivity index (χ2n) is 4.98. The Morgan fingerprint density at radius 2 is 2.00 bits per heavy atom. The summed E-state index contributed by atoms with van der Waals surface area (Å²) in [6.07, 6.45) is 2.02. The van der Waals surface area contributed by atoms with Gasteiger partial charge in [-0.3, -0.25) is 9.59 Å². The zero-order valence-corrected chi connectivity index (χ0v) is 11.8. The summed E-state index contributed by atoms with van der Waals surface area (Å²) < 4.78 is 0. The monoisotopic (exact) mass is 271 g/mol. The van der Waals surface area contributed by atoms with Gasteiger partial charge in [-0.25, -0.2) is 0 Å². The number of rotatable bonds is 6. The molecule has 0 radical (unpaired) electrons. The van der Waals surface area contributed by atoms with Crippen LogP contribution in [0.5, 0.6) is 0 Å². The van der Waals surface area contributed by atoms with Crippen molar-refractivity contribution in [2.75, 3.05) is 33.3 Å². The molecule has 6 nitrogen and oxygen atoms in total. The lowest BCUT2D eigenvalue weighted by atomic mass is 9.95. The van der Waals surface area contributed by atoms with Crippen LogP contribution in [0, 0.1) is 5.92 Å². The van der Waals surface area contributed by atoms with Gasteiger partial charge in [0.05, 0.1) is 6.04 Å². The molecule has 6 heteroatoms. The molecule has 0 aromatic carbocycles. The number of aliphatic hydroxyl groups excluding tert-OH is 1. The summed E-state index contributed by atoms with van der Waals surface area (Å²) in [4.78, 5) is 25.6. The quantitative estimate of drug-likeness (QED) is 0.560. The van der Waals surface area contributed by atoms with Crippen molar-refractivity contribution in [3.63, 3.8) is 0 Å². The van der Waals surface area contributed by atoms with E-state index in [0.717, 1.165) is 0 Å². The van der Waals surface area contributed by atoms with Crippen molar-refractivity contribution in [2.24, 2.45) is 5.92 Å². The SMILES string of the molecule is CNC(C)C(=O)N1CCC(C(=O)NCCCO)CC1. The highest BCUT2D eigenvalue weighted by Gasteiger charge is 2.28. The molecule has 1 aliphatic heterocycles. The summed E-state index contributed by atoms with van der Waals surface area (Å²) >= 11 is 0. The minimum absolute atomic E-state index is 0.00682. The molecule has 1 aliphatic rings. The molecule has 0 aliphatic carbocycles. The largest absolute Gasteiger partial charge is 0.396 e. The Morgan fingerprint density at radius 3 is 2.53 bits per heavy atom. The first-order valence-electron chi connectivity index (χ1n) is 6.94. The van der Waals surface area contributed by atoms with Gasteiger partial charge in [-0.2, -0.15) is 0 Å². The third-order valence-corrected chi connectivity index (χ3v) is 3.61. The van der Waals surface area contributed by atoms with Crippen molar-refractivity contribution in [2.45, 2.75) is 32.2 Å². The molecule has 0 spiro atoms. The van der Waals surface area contributed by atoms with Gasteiger partial charge in [-0.05, 0) is 33.2 Å². The highest BCUT2D eigenvalue weighted by molar-refractivity contribution is 5.82. The lowest BCUT2D eigenvalue weighted by Crippen LogP contribution is -2.48. The van der Waals surface area contributed by atoms with Crippen LogP contribution in [0.2, 0.25) is 0 Å². The molecule has 2 amide bonds. The van der Waals surface area contributed by atoms with Gasteiger partial charge in [-0.1, -0.05) is 0 Å². The van der Waals surface area contributed by atoms with Gasteiger partial charge in [-0.15, -0.1) is 0 Å². The molecule has 1 atom stereocenters. The van der Waals surface area contributed by atoms with E-state index in [0.29, 0.717) is 38.9 Å². The first-order chi connectivity index (χ1) is 9.10. The Balaban J connectivity index is 2.32. The van der Waals surface area contributed by atoms with Crippen LogP contribution < -0.4 is 10.6 Å². The summed E-state index contributed by atoms with van der Waals surface area (Å²) in [5.74, 6) is 0.136. The molecule has 1 saturated heterocycles. The molecule has 1 fully saturated rings. The summed E-state index contributed by atoms with van der Waals surface area (Å²) in [5, 5.41) is 14.4. The van der Waals surface area contributed by atoms with Gasteiger partial charge in [0, 0.05) is 32.2 Å². The van der Waals surface area contributed by atoms with Gasteiger partial charge in [0.25, 0.3) is 0 Å². The summed E-state index contributed by atoms with van der Waals surface area (Å²) in [6, 6.07) is -0.171. The lowest BCUT2D eigenvalue weighted by molar-refractivity contribution is -0.136. The van der Waals surface area contributed by atoms with Gasteiger partial charge in [0.1, 0.15) is 0 Å². The van der Waals surface area contributed by atoms with Crippen molar-refractivity contribution in [1.82, 2.24) is 15.5 Å². The lowest BCUT2D eigenvalue weighted by Gasteiger charge is -2.33. The number of piperidine rings is 1. The molecule has 0 aromatic rings. The highest BCUT2D eigenvalue weighted by Crippen LogP contribution is 2.17. The van der Waals surface area contributed by atoms with Crippen LogP contribution in [0.4, 0.5) is 0 Å². The van der Waals surface area contributed by atoms with Crippen LogP contribution in [-0.4, -0.2) is 61.2 Å². The maximum atomic E-state index is 12.0. The van der Waals surface area contributed by atoms with E-state index in [2.05, 4.69) is 10.6 Å².